The average Bonchev–Trinajstić information content (AvgIpc) is 2.55. The third-order valence-corrected chi connectivity index (χ3v) is 4.09. The van der Waals surface area contributed by atoms with Crippen molar-refractivity contribution in [2.24, 2.45) is 11.7 Å². The molecule has 0 aliphatic carbocycles. The Labute approximate surface area is 136 Å². The van der Waals surface area contributed by atoms with E-state index in [0.29, 0.717) is 25.2 Å². The summed E-state index contributed by atoms with van der Waals surface area (Å²) in [5.74, 6) is -0.552. The molecule has 1 saturated heterocycles. The standard InChI is InChI=1S/C17H22N4O2/c1-20(10-14-5-2-4-13(8-14)9-18)12-16(22)21-7-3-6-15(11-21)17(19)23/h2,4-5,8,15H,3,6-7,10-12H2,1H3,(H2,19,23). The van der Waals surface area contributed by atoms with Gasteiger partial charge in [-0.3, -0.25) is 14.5 Å². The molecule has 1 fully saturated rings. The summed E-state index contributed by atoms with van der Waals surface area (Å²) in [5, 5.41) is 8.92. The van der Waals surface area contributed by atoms with Crippen molar-refractivity contribution in [3.63, 3.8) is 0 Å². The van der Waals surface area contributed by atoms with Gasteiger partial charge in [-0.05, 0) is 37.6 Å². The first-order valence-electron chi connectivity index (χ1n) is 7.74. The van der Waals surface area contributed by atoms with Crippen LogP contribution in [0.15, 0.2) is 24.3 Å². The van der Waals surface area contributed by atoms with E-state index in [1.54, 1.807) is 11.0 Å². The van der Waals surface area contributed by atoms with E-state index in [-0.39, 0.29) is 24.3 Å². The van der Waals surface area contributed by atoms with E-state index in [9.17, 15) is 9.59 Å². The van der Waals surface area contributed by atoms with Crippen LogP contribution < -0.4 is 5.73 Å². The molecule has 0 spiro atoms. The molecular formula is C17H22N4O2. The SMILES string of the molecule is CN(CC(=O)N1CCCC(C(N)=O)C1)Cc1cccc(C#N)c1. The van der Waals surface area contributed by atoms with E-state index < -0.39 is 0 Å². The molecule has 0 saturated carbocycles. The van der Waals surface area contributed by atoms with Crippen LogP contribution in [0.3, 0.4) is 0 Å². The van der Waals surface area contributed by atoms with Crippen LogP contribution in [-0.4, -0.2) is 48.3 Å². The normalized spacial score (nSPS) is 17.8. The Morgan fingerprint density at radius 3 is 2.96 bits per heavy atom. The maximum absolute atomic E-state index is 12.4. The van der Waals surface area contributed by atoms with Crippen molar-refractivity contribution in [3.05, 3.63) is 35.4 Å². The van der Waals surface area contributed by atoms with Gasteiger partial charge in [0.05, 0.1) is 24.1 Å². The van der Waals surface area contributed by atoms with Crippen LogP contribution in [0.2, 0.25) is 0 Å². The van der Waals surface area contributed by atoms with Crippen molar-refractivity contribution in [1.82, 2.24) is 9.80 Å². The molecule has 0 radical (unpaired) electrons. The van der Waals surface area contributed by atoms with Crippen molar-refractivity contribution in [2.45, 2.75) is 19.4 Å². The molecule has 1 aliphatic rings. The number of benzene rings is 1. The minimum atomic E-state index is -0.329. The van der Waals surface area contributed by atoms with Crippen LogP contribution in [-0.2, 0) is 16.1 Å². The van der Waals surface area contributed by atoms with Crippen LogP contribution in [0.5, 0.6) is 0 Å². The quantitative estimate of drug-likeness (QED) is 0.867. The predicted molar refractivity (Wildman–Crippen MR) is 86.0 cm³/mol. The zero-order valence-corrected chi connectivity index (χ0v) is 13.4. The van der Waals surface area contributed by atoms with Gasteiger partial charge in [0.2, 0.25) is 11.8 Å². The Bertz CT molecular complexity index is 623. The summed E-state index contributed by atoms with van der Waals surface area (Å²) in [6, 6.07) is 9.47. The molecule has 2 rings (SSSR count). The number of amides is 2. The third kappa shape index (κ3) is 4.80. The number of nitriles is 1. The lowest BCUT2D eigenvalue weighted by molar-refractivity contribution is -0.135. The summed E-state index contributed by atoms with van der Waals surface area (Å²) in [7, 11) is 1.87. The van der Waals surface area contributed by atoms with Gasteiger partial charge in [-0.2, -0.15) is 5.26 Å². The smallest absolute Gasteiger partial charge is 0.236 e. The number of nitrogens with two attached hydrogens (primary N) is 1. The molecule has 0 bridgehead atoms. The molecular weight excluding hydrogens is 292 g/mol. The first-order chi connectivity index (χ1) is 11.0. The Hall–Kier alpha value is -2.39. The van der Waals surface area contributed by atoms with Crippen LogP contribution in [0.4, 0.5) is 0 Å². The number of hydrogen-bond donors (Lipinski definition) is 1. The molecule has 122 valence electrons. The highest BCUT2D eigenvalue weighted by Gasteiger charge is 2.27. The molecule has 0 aromatic heterocycles. The Morgan fingerprint density at radius 1 is 1.48 bits per heavy atom. The first kappa shape index (κ1) is 17.0. The van der Waals surface area contributed by atoms with Gasteiger partial charge in [-0.25, -0.2) is 0 Å². The van der Waals surface area contributed by atoms with Crippen LogP contribution >= 0.6 is 0 Å². The monoisotopic (exact) mass is 314 g/mol. The fraction of sp³-hybridized carbons (Fsp3) is 0.471. The van der Waals surface area contributed by atoms with E-state index in [4.69, 9.17) is 11.0 Å². The fourth-order valence-electron chi connectivity index (χ4n) is 2.87. The van der Waals surface area contributed by atoms with Gasteiger partial charge in [0.25, 0.3) is 0 Å². The van der Waals surface area contributed by atoms with Crippen molar-refractivity contribution in [2.75, 3.05) is 26.7 Å². The van der Waals surface area contributed by atoms with Crippen LogP contribution in [0, 0.1) is 17.2 Å². The number of hydrogen-bond acceptors (Lipinski definition) is 4. The van der Waals surface area contributed by atoms with Gasteiger partial charge in [-0.15, -0.1) is 0 Å². The number of likely N-dealkylation sites (N-methyl/N-ethyl adjacent to an activating group) is 1. The topological polar surface area (TPSA) is 90.4 Å². The minimum Gasteiger partial charge on any atom is -0.369 e. The number of primary amides is 1. The molecule has 1 heterocycles. The zero-order valence-electron chi connectivity index (χ0n) is 13.4. The second-order valence-electron chi connectivity index (χ2n) is 6.07. The van der Waals surface area contributed by atoms with Crippen molar-refractivity contribution in [1.29, 1.82) is 5.26 Å². The number of carbonyl (C=O) groups is 2. The Morgan fingerprint density at radius 2 is 2.26 bits per heavy atom. The summed E-state index contributed by atoms with van der Waals surface area (Å²) >= 11 is 0. The maximum Gasteiger partial charge on any atom is 0.236 e. The van der Waals surface area contributed by atoms with Crippen molar-refractivity contribution < 1.29 is 9.59 Å². The highest BCUT2D eigenvalue weighted by Crippen LogP contribution is 2.16. The van der Waals surface area contributed by atoms with Gasteiger partial charge in [0.1, 0.15) is 0 Å². The molecule has 2 N–H and O–H groups in total. The second kappa shape index (κ2) is 7.75. The summed E-state index contributed by atoms with van der Waals surface area (Å²) < 4.78 is 0. The lowest BCUT2D eigenvalue weighted by Crippen LogP contribution is -2.47. The van der Waals surface area contributed by atoms with Crippen molar-refractivity contribution >= 4 is 11.8 Å². The van der Waals surface area contributed by atoms with Gasteiger partial charge < -0.3 is 10.6 Å². The van der Waals surface area contributed by atoms with E-state index >= 15 is 0 Å². The number of nitrogens with zero attached hydrogens (tertiary/aromatic N) is 3. The first-order valence-corrected chi connectivity index (χ1v) is 7.74. The molecule has 1 atom stereocenters. The van der Waals surface area contributed by atoms with Gasteiger partial charge >= 0.3 is 0 Å². The Kier molecular flexibility index (Phi) is 5.72. The lowest BCUT2D eigenvalue weighted by atomic mass is 9.97. The minimum absolute atomic E-state index is 0.00916. The number of piperidine rings is 1. The highest BCUT2D eigenvalue weighted by molar-refractivity contribution is 5.81. The molecule has 1 unspecified atom stereocenters. The van der Waals surface area contributed by atoms with E-state index in [1.807, 2.05) is 30.1 Å². The average molecular weight is 314 g/mol. The van der Waals surface area contributed by atoms with E-state index in [0.717, 1.165) is 18.4 Å². The lowest BCUT2D eigenvalue weighted by Gasteiger charge is -2.32. The largest absolute Gasteiger partial charge is 0.369 e. The van der Waals surface area contributed by atoms with Gasteiger partial charge in [0, 0.05) is 19.6 Å². The molecule has 6 heteroatoms. The number of likely N-dealkylation sites (tertiary alicyclic amines) is 1. The van der Waals surface area contributed by atoms with Gasteiger partial charge in [-0.1, -0.05) is 12.1 Å². The predicted octanol–water partition coefficient (Wildman–Crippen LogP) is 0.714. The second-order valence-corrected chi connectivity index (χ2v) is 6.07. The van der Waals surface area contributed by atoms with Gasteiger partial charge in [0.15, 0.2) is 0 Å². The van der Waals surface area contributed by atoms with Crippen LogP contribution in [0.1, 0.15) is 24.0 Å². The number of rotatable bonds is 5. The zero-order chi connectivity index (χ0) is 16.8. The van der Waals surface area contributed by atoms with Crippen molar-refractivity contribution in [3.8, 4) is 6.07 Å². The molecule has 6 nitrogen and oxygen atoms in total. The summed E-state index contributed by atoms with van der Waals surface area (Å²) in [4.78, 5) is 27.3. The summed E-state index contributed by atoms with van der Waals surface area (Å²) in [6.07, 6.45) is 1.57. The van der Waals surface area contributed by atoms with E-state index in [1.165, 1.54) is 0 Å². The van der Waals surface area contributed by atoms with Crippen LogP contribution in [0.25, 0.3) is 0 Å². The third-order valence-electron chi connectivity index (χ3n) is 4.09. The molecule has 1 aromatic rings. The molecule has 1 aromatic carbocycles. The molecule has 1 aliphatic heterocycles. The number of carbonyl (C=O) groups excluding carboxylic acids is 2. The maximum atomic E-state index is 12.4. The Balaban J connectivity index is 1.89. The van der Waals surface area contributed by atoms with E-state index in [2.05, 4.69) is 6.07 Å². The molecule has 23 heavy (non-hydrogen) atoms. The highest BCUT2D eigenvalue weighted by atomic mass is 16.2. The summed E-state index contributed by atoms with van der Waals surface area (Å²) in [6.45, 7) is 1.98. The summed E-state index contributed by atoms with van der Waals surface area (Å²) in [5.41, 5.74) is 6.95. The molecule has 2 amide bonds. The fourth-order valence-corrected chi connectivity index (χ4v) is 2.87.